The first-order chi connectivity index (χ1) is 10.2. The molecule has 122 valence electrons. The molecule has 2 N–H and O–H groups in total. The first-order valence-corrected chi connectivity index (χ1v) is 7.10. The molecule has 2 aromatic rings. The van der Waals surface area contributed by atoms with Crippen LogP contribution in [0.4, 0.5) is 0 Å². The summed E-state index contributed by atoms with van der Waals surface area (Å²) in [7, 11) is 1.94. The normalized spacial score (nSPS) is 11.1. The van der Waals surface area contributed by atoms with Gasteiger partial charge in [-0.3, -0.25) is 0 Å². The number of aromatic nitrogens is 3. The van der Waals surface area contributed by atoms with E-state index in [9.17, 15) is 0 Å². The number of hydrogen-bond donors (Lipinski definition) is 2. The van der Waals surface area contributed by atoms with Gasteiger partial charge in [-0.05, 0) is 26.0 Å². The fourth-order valence-corrected chi connectivity index (χ4v) is 1.84. The third kappa shape index (κ3) is 5.32. The van der Waals surface area contributed by atoms with Crippen LogP contribution >= 0.6 is 24.0 Å². The molecular formula is C14H23IN6O. The summed E-state index contributed by atoms with van der Waals surface area (Å²) >= 11 is 0. The topological polar surface area (TPSA) is 80.3 Å². The molecule has 0 spiro atoms. The second-order valence-electron chi connectivity index (χ2n) is 4.67. The number of furan rings is 1. The van der Waals surface area contributed by atoms with Crippen LogP contribution in [0.25, 0.3) is 0 Å². The van der Waals surface area contributed by atoms with Crippen LogP contribution in [0.5, 0.6) is 0 Å². The quantitative estimate of drug-likeness (QED) is 0.424. The maximum Gasteiger partial charge on any atom is 0.191 e. The summed E-state index contributed by atoms with van der Waals surface area (Å²) in [5.41, 5.74) is 0. The van der Waals surface area contributed by atoms with Gasteiger partial charge < -0.3 is 19.6 Å². The Bertz CT molecular complexity index is 578. The van der Waals surface area contributed by atoms with Crippen molar-refractivity contribution in [2.24, 2.45) is 12.0 Å². The molecule has 0 aliphatic carbocycles. The van der Waals surface area contributed by atoms with E-state index in [1.54, 1.807) is 6.26 Å². The van der Waals surface area contributed by atoms with Crippen LogP contribution in [0.3, 0.4) is 0 Å². The number of rotatable bonds is 6. The number of nitrogens with zero attached hydrogens (tertiary/aromatic N) is 4. The molecule has 0 unspecified atom stereocenters. The second-order valence-corrected chi connectivity index (χ2v) is 4.67. The predicted octanol–water partition coefficient (Wildman–Crippen LogP) is 1.63. The largest absolute Gasteiger partial charge is 0.469 e. The Kier molecular flexibility index (Phi) is 7.92. The monoisotopic (exact) mass is 418 g/mol. The van der Waals surface area contributed by atoms with Gasteiger partial charge in [0.25, 0.3) is 0 Å². The van der Waals surface area contributed by atoms with Crippen molar-refractivity contribution < 1.29 is 4.42 Å². The van der Waals surface area contributed by atoms with E-state index in [0.29, 0.717) is 6.54 Å². The van der Waals surface area contributed by atoms with Crippen LogP contribution in [-0.4, -0.2) is 33.8 Å². The molecule has 0 saturated carbocycles. The molecule has 22 heavy (non-hydrogen) atoms. The molecule has 0 atom stereocenters. The van der Waals surface area contributed by atoms with E-state index < -0.39 is 0 Å². The summed E-state index contributed by atoms with van der Waals surface area (Å²) in [6.07, 6.45) is 2.51. The average Bonchev–Trinajstić information content (AvgIpc) is 3.09. The van der Waals surface area contributed by atoms with Gasteiger partial charge >= 0.3 is 0 Å². The van der Waals surface area contributed by atoms with E-state index in [2.05, 4.69) is 25.8 Å². The van der Waals surface area contributed by atoms with Crippen molar-refractivity contribution in [3.8, 4) is 0 Å². The molecule has 2 heterocycles. The number of halogens is 1. The lowest BCUT2D eigenvalue weighted by molar-refractivity contribution is 0.507. The summed E-state index contributed by atoms with van der Waals surface area (Å²) in [5.74, 6) is 3.46. The number of hydrogen-bond acceptors (Lipinski definition) is 4. The zero-order chi connectivity index (χ0) is 15.1. The lowest BCUT2D eigenvalue weighted by Gasteiger charge is -2.10. The van der Waals surface area contributed by atoms with Crippen molar-refractivity contribution in [3.05, 3.63) is 35.8 Å². The summed E-state index contributed by atoms with van der Waals surface area (Å²) in [4.78, 5) is 4.52. The lowest BCUT2D eigenvalue weighted by atomic mass is 10.3. The lowest BCUT2D eigenvalue weighted by Crippen LogP contribution is -2.38. The highest BCUT2D eigenvalue weighted by molar-refractivity contribution is 14.0. The molecule has 0 saturated heterocycles. The predicted molar refractivity (Wildman–Crippen MR) is 96.4 cm³/mol. The van der Waals surface area contributed by atoms with Crippen molar-refractivity contribution in [2.45, 2.75) is 26.8 Å². The van der Waals surface area contributed by atoms with E-state index in [1.807, 2.05) is 37.6 Å². The standard InChI is InChI=1S/C14H22N6O.HI/c1-4-15-14(16-8-7-12-6-5-9-21-12)17-10-13-19-18-11(2)20(13)3;/h5-6,9H,4,7-8,10H2,1-3H3,(H2,15,16,17);1H. The first kappa shape index (κ1) is 18.5. The molecular weight excluding hydrogens is 395 g/mol. The minimum absolute atomic E-state index is 0. The SMILES string of the molecule is CCNC(=NCc1nnc(C)n1C)NCCc1ccco1.I. The van der Waals surface area contributed by atoms with E-state index in [0.717, 1.165) is 42.9 Å². The maximum atomic E-state index is 5.30. The third-order valence-corrected chi connectivity index (χ3v) is 3.15. The Balaban J connectivity index is 0.00000242. The van der Waals surface area contributed by atoms with Crippen molar-refractivity contribution in [1.82, 2.24) is 25.4 Å². The van der Waals surface area contributed by atoms with Gasteiger partial charge in [-0.25, -0.2) is 4.99 Å². The molecule has 8 heteroatoms. The molecule has 0 amide bonds. The zero-order valence-corrected chi connectivity index (χ0v) is 15.5. The summed E-state index contributed by atoms with van der Waals surface area (Å²) in [6.45, 7) is 6.03. The molecule has 2 aromatic heterocycles. The Hall–Kier alpha value is -1.58. The number of guanidine groups is 1. The zero-order valence-electron chi connectivity index (χ0n) is 13.2. The van der Waals surface area contributed by atoms with Gasteiger partial charge in [0.1, 0.15) is 18.1 Å². The van der Waals surface area contributed by atoms with Gasteiger partial charge in [-0.1, -0.05) is 0 Å². The summed E-state index contributed by atoms with van der Waals surface area (Å²) in [6, 6.07) is 3.86. The van der Waals surface area contributed by atoms with Crippen molar-refractivity contribution in [3.63, 3.8) is 0 Å². The summed E-state index contributed by atoms with van der Waals surface area (Å²) < 4.78 is 7.24. The fraction of sp³-hybridized carbons (Fsp3) is 0.500. The van der Waals surface area contributed by atoms with Gasteiger partial charge in [-0.15, -0.1) is 34.2 Å². The highest BCUT2D eigenvalue weighted by Gasteiger charge is 2.05. The van der Waals surface area contributed by atoms with Crippen LogP contribution in [0, 0.1) is 6.92 Å². The molecule has 0 fully saturated rings. The molecule has 0 aromatic carbocycles. The highest BCUT2D eigenvalue weighted by Crippen LogP contribution is 2.00. The van der Waals surface area contributed by atoms with Crippen LogP contribution < -0.4 is 10.6 Å². The Morgan fingerprint density at radius 3 is 2.77 bits per heavy atom. The summed E-state index contributed by atoms with van der Waals surface area (Å²) in [5, 5.41) is 14.6. The van der Waals surface area contributed by atoms with Crippen LogP contribution in [0.1, 0.15) is 24.3 Å². The minimum Gasteiger partial charge on any atom is -0.469 e. The van der Waals surface area contributed by atoms with E-state index in [-0.39, 0.29) is 24.0 Å². The van der Waals surface area contributed by atoms with Crippen molar-refractivity contribution >= 4 is 29.9 Å². The minimum atomic E-state index is 0. The van der Waals surface area contributed by atoms with E-state index >= 15 is 0 Å². The molecule has 0 bridgehead atoms. The highest BCUT2D eigenvalue weighted by atomic mass is 127. The average molecular weight is 418 g/mol. The van der Waals surface area contributed by atoms with E-state index in [1.165, 1.54) is 0 Å². The fourth-order valence-electron chi connectivity index (χ4n) is 1.84. The molecule has 0 aliphatic rings. The molecule has 7 nitrogen and oxygen atoms in total. The van der Waals surface area contributed by atoms with Gasteiger partial charge in [0.2, 0.25) is 0 Å². The van der Waals surface area contributed by atoms with Gasteiger partial charge in [0.05, 0.1) is 6.26 Å². The Morgan fingerprint density at radius 1 is 1.36 bits per heavy atom. The van der Waals surface area contributed by atoms with Crippen LogP contribution in [0.2, 0.25) is 0 Å². The third-order valence-electron chi connectivity index (χ3n) is 3.15. The van der Waals surface area contributed by atoms with Crippen LogP contribution in [-0.2, 0) is 20.0 Å². The van der Waals surface area contributed by atoms with Crippen LogP contribution in [0.15, 0.2) is 27.8 Å². The number of aliphatic imine (C=N–C) groups is 1. The molecule has 0 aliphatic heterocycles. The van der Waals surface area contributed by atoms with Gasteiger partial charge in [-0.2, -0.15) is 0 Å². The second kappa shape index (κ2) is 9.44. The molecule has 0 radical (unpaired) electrons. The van der Waals surface area contributed by atoms with Crippen molar-refractivity contribution in [2.75, 3.05) is 13.1 Å². The molecule has 2 rings (SSSR count). The maximum absolute atomic E-state index is 5.30. The first-order valence-electron chi connectivity index (χ1n) is 7.10. The van der Waals surface area contributed by atoms with Crippen molar-refractivity contribution in [1.29, 1.82) is 0 Å². The smallest absolute Gasteiger partial charge is 0.191 e. The van der Waals surface area contributed by atoms with E-state index in [4.69, 9.17) is 4.42 Å². The van der Waals surface area contributed by atoms with Gasteiger partial charge in [0, 0.05) is 26.6 Å². The number of nitrogens with one attached hydrogen (secondary N) is 2. The number of aryl methyl sites for hydroxylation is 1. The van der Waals surface area contributed by atoms with Gasteiger partial charge in [0.15, 0.2) is 11.8 Å². The Labute approximate surface area is 147 Å². The Morgan fingerprint density at radius 2 is 2.18 bits per heavy atom.